The van der Waals surface area contributed by atoms with Crippen molar-refractivity contribution in [3.8, 4) is 0 Å². The first-order valence-corrected chi connectivity index (χ1v) is 6.23. The van der Waals surface area contributed by atoms with E-state index in [1.165, 1.54) is 0 Å². The number of pyridine rings is 1. The molecule has 0 saturated heterocycles. The van der Waals surface area contributed by atoms with Crippen LogP contribution in [-0.4, -0.2) is 24.2 Å². The van der Waals surface area contributed by atoms with Crippen LogP contribution in [0.5, 0.6) is 0 Å². The number of anilines is 1. The van der Waals surface area contributed by atoms with E-state index in [4.69, 9.17) is 4.74 Å². The molecular weight excluding hydrogens is 268 g/mol. The van der Waals surface area contributed by atoms with Gasteiger partial charge in [-0.3, -0.25) is 4.98 Å². The Bertz CT molecular complexity index is 381. The van der Waals surface area contributed by atoms with Crippen LogP contribution >= 0.6 is 15.9 Å². The van der Waals surface area contributed by atoms with Gasteiger partial charge in [0, 0.05) is 29.2 Å². The lowest BCUT2D eigenvalue weighted by Crippen LogP contribution is -2.57. The molecule has 16 heavy (non-hydrogen) atoms. The van der Waals surface area contributed by atoms with Crippen LogP contribution in [0.25, 0.3) is 0 Å². The van der Waals surface area contributed by atoms with Crippen molar-refractivity contribution < 1.29 is 4.74 Å². The number of methoxy groups -OCH3 is 1. The minimum atomic E-state index is 0.178. The van der Waals surface area contributed by atoms with Crippen LogP contribution < -0.4 is 5.32 Å². The molecule has 1 N–H and O–H groups in total. The monoisotopic (exact) mass is 284 g/mol. The molecule has 4 heteroatoms. The lowest BCUT2D eigenvalue weighted by molar-refractivity contribution is -0.0794. The van der Waals surface area contributed by atoms with E-state index in [0.29, 0.717) is 12.1 Å². The molecule has 2 rings (SSSR count). The van der Waals surface area contributed by atoms with E-state index in [2.05, 4.69) is 40.1 Å². The Balaban J connectivity index is 2.02. The first-order chi connectivity index (χ1) is 7.54. The van der Waals surface area contributed by atoms with E-state index in [-0.39, 0.29) is 5.41 Å². The highest BCUT2D eigenvalue weighted by Crippen LogP contribution is 2.44. The largest absolute Gasteiger partial charge is 0.381 e. The lowest BCUT2D eigenvalue weighted by atomic mass is 9.64. The van der Waals surface area contributed by atoms with Gasteiger partial charge in [0.05, 0.1) is 18.0 Å². The fourth-order valence-electron chi connectivity index (χ4n) is 2.22. The number of hydrogen-bond acceptors (Lipinski definition) is 3. The SMILES string of the molecule is COC1CC(Nc2cncc(Br)c2)C1(C)C. The summed E-state index contributed by atoms with van der Waals surface area (Å²) in [6, 6.07) is 2.50. The molecule has 1 aromatic heterocycles. The van der Waals surface area contributed by atoms with Gasteiger partial charge in [0.1, 0.15) is 0 Å². The third kappa shape index (κ3) is 2.09. The maximum atomic E-state index is 5.43. The van der Waals surface area contributed by atoms with E-state index in [1.807, 2.05) is 12.3 Å². The summed E-state index contributed by atoms with van der Waals surface area (Å²) >= 11 is 3.42. The highest BCUT2D eigenvalue weighted by Gasteiger charge is 2.48. The van der Waals surface area contributed by atoms with Gasteiger partial charge in [0.25, 0.3) is 0 Å². The van der Waals surface area contributed by atoms with Crippen molar-refractivity contribution in [2.45, 2.75) is 32.4 Å². The van der Waals surface area contributed by atoms with Gasteiger partial charge in [-0.15, -0.1) is 0 Å². The number of ether oxygens (including phenoxy) is 1. The molecule has 0 aromatic carbocycles. The van der Waals surface area contributed by atoms with E-state index in [0.717, 1.165) is 16.6 Å². The molecule has 0 spiro atoms. The van der Waals surface area contributed by atoms with Gasteiger partial charge < -0.3 is 10.1 Å². The fraction of sp³-hybridized carbons (Fsp3) is 0.583. The Kier molecular flexibility index (Phi) is 3.22. The smallest absolute Gasteiger partial charge is 0.0661 e. The maximum absolute atomic E-state index is 5.43. The maximum Gasteiger partial charge on any atom is 0.0661 e. The average Bonchev–Trinajstić information content (AvgIpc) is 2.23. The molecular formula is C12H17BrN2O. The van der Waals surface area contributed by atoms with Crippen LogP contribution in [0.15, 0.2) is 22.9 Å². The van der Waals surface area contributed by atoms with Crippen molar-refractivity contribution in [1.29, 1.82) is 0 Å². The normalized spacial score (nSPS) is 27.2. The lowest BCUT2D eigenvalue weighted by Gasteiger charge is -2.51. The van der Waals surface area contributed by atoms with Gasteiger partial charge in [0.2, 0.25) is 0 Å². The molecule has 1 aliphatic carbocycles. The zero-order valence-electron chi connectivity index (χ0n) is 9.83. The van der Waals surface area contributed by atoms with Crippen molar-refractivity contribution in [3.63, 3.8) is 0 Å². The van der Waals surface area contributed by atoms with Crippen molar-refractivity contribution in [3.05, 3.63) is 22.9 Å². The molecule has 88 valence electrons. The van der Waals surface area contributed by atoms with Crippen molar-refractivity contribution in [2.24, 2.45) is 5.41 Å². The molecule has 1 aromatic rings. The third-order valence-electron chi connectivity index (χ3n) is 3.51. The molecule has 0 aliphatic heterocycles. The first kappa shape index (κ1) is 11.9. The predicted molar refractivity (Wildman–Crippen MR) is 68.5 cm³/mol. The zero-order valence-corrected chi connectivity index (χ0v) is 11.4. The van der Waals surface area contributed by atoms with E-state index in [1.54, 1.807) is 13.3 Å². The van der Waals surface area contributed by atoms with Gasteiger partial charge in [-0.25, -0.2) is 0 Å². The molecule has 3 nitrogen and oxygen atoms in total. The van der Waals surface area contributed by atoms with Gasteiger partial charge in [0.15, 0.2) is 0 Å². The topological polar surface area (TPSA) is 34.1 Å². The van der Waals surface area contributed by atoms with Crippen LogP contribution in [0.2, 0.25) is 0 Å². The summed E-state index contributed by atoms with van der Waals surface area (Å²) in [4.78, 5) is 4.14. The Morgan fingerprint density at radius 3 is 2.81 bits per heavy atom. The van der Waals surface area contributed by atoms with Crippen LogP contribution in [-0.2, 0) is 4.74 Å². The number of hydrogen-bond donors (Lipinski definition) is 1. The van der Waals surface area contributed by atoms with E-state index in [9.17, 15) is 0 Å². The van der Waals surface area contributed by atoms with Gasteiger partial charge in [-0.1, -0.05) is 13.8 Å². The Labute approximate surface area is 105 Å². The van der Waals surface area contributed by atoms with Gasteiger partial charge in [-0.2, -0.15) is 0 Å². The molecule has 0 bridgehead atoms. The summed E-state index contributed by atoms with van der Waals surface area (Å²) in [7, 11) is 1.78. The van der Waals surface area contributed by atoms with Crippen molar-refractivity contribution >= 4 is 21.6 Å². The minimum Gasteiger partial charge on any atom is -0.381 e. The highest BCUT2D eigenvalue weighted by atomic mass is 79.9. The molecule has 2 unspecified atom stereocenters. The number of nitrogens with one attached hydrogen (secondary N) is 1. The number of rotatable bonds is 3. The molecule has 2 atom stereocenters. The summed E-state index contributed by atoms with van der Waals surface area (Å²) in [5, 5.41) is 3.50. The number of halogens is 1. The van der Waals surface area contributed by atoms with Crippen LogP contribution in [0.3, 0.4) is 0 Å². The third-order valence-corrected chi connectivity index (χ3v) is 3.94. The molecule has 1 saturated carbocycles. The summed E-state index contributed by atoms with van der Waals surface area (Å²) in [6.07, 6.45) is 5.04. The quantitative estimate of drug-likeness (QED) is 0.926. The summed E-state index contributed by atoms with van der Waals surface area (Å²) in [6.45, 7) is 4.46. The second-order valence-corrected chi connectivity index (χ2v) is 5.79. The van der Waals surface area contributed by atoms with Crippen molar-refractivity contribution in [2.75, 3.05) is 12.4 Å². The van der Waals surface area contributed by atoms with Crippen LogP contribution in [0.1, 0.15) is 20.3 Å². The zero-order chi connectivity index (χ0) is 11.8. The number of nitrogens with zero attached hydrogens (tertiary/aromatic N) is 1. The average molecular weight is 285 g/mol. The standard InChI is InChI=1S/C12H17BrN2O/c1-12(2)10(5-11(12)16-3)15-9-4-8(13)6-14-7-9/h4,6-7,10-11,15H,5H2,1-3H3. The van der Waals surface area contributed by atoms with Crippen molar-refractivity contribution in [1.82, 2.24) is 4.98 Å². The Morgan fingerprint density at radius 1 is 1.50 bits per heavy atom. The van der Waals surface area contributed by atoms with E-state index < -0.39 is 0 Å². The summed E-state index contributed by atoms with van der Waals surface area (Å²) in [5.74, 6) is 0. The van der Waals surface area contributed by atoms with Gasteiger partial charge >= 0.3 is 0 Å². The summed E-state index contributed by atoms with van der Waals surface area (Å²) < 4.78 is 6.43. The predicted octanol–water partition coefficient (Wildman–Crippen LogP) is 3.07. The van der Waals surface area contributed by atoms with Crippen LogP contribution in [0, 0.1) is 5.41 Å². The molecule has 0 radical (unpaired) electrons. The molecule has 1 heterocycles. The molecule has 1 fully saturated rings. The Morgan fingerprint density at radius 2 is 2.25 bits per heavy atom. The van der Waals surface area contributed by atoms with Gasteiger partial charge in [-0.05, 0) is 28.4 Å². The first-order valence-electron chi connectivity index (χ1n) is 5.44. The second-order valence-electron chi connectivity index (χ2n) is 4.87. The van der Waals surface area contributed by atoms with E-state index >= 15 is 0 Å². The van der Waals surface area contributed by atoms with Crippen LogP contribution in [0.4, 0.5) is 5.69 Å². The summed E-state index contributed by atoms with van der Waals surface area (Å²) in [5.41, 5.74) is 1.24. The fourth-order valence-corrected chi connectivity index (χ4v) is 2.59. The number of aromatic nitrogens is 1. The minimum absolute atomic E-state index is 0.178. The Hall–Kier alpha value is -0.610. The highest BCUT2D eigenvalue weighted by molar-refractivity contribution is 9.10. The molecule has 1 aliphatic rings. The second kappa shape index (κ2) is 4.34. The molecule has 0 amide bonds.